The summed E-state index contributed by atoms with van der Waals surface area (Å²) < 4.78 is 10.2. The number of rotatable bonds is 5. The highest BCUT2D eigenvalue weighted by atomic mass is 16.6. The van der Waals surface area contributed by atoms with Gasteiger partial charge in [-0.25, -0.2) is 9.59 Å². The zero-order valence-corrected chi connectivity index (χ0v) is 14.7. The number of Topliss-reactive ketones (excluding diaryl/α,β-unsaturated/α-hetero) is 1. The summed E-state index contributed by atoms with van der Waals surface area (Å²) in [5.74, 6) is -1.35. The molecule has 0 radical (unpaired) electrons. The maximum Gasteiger partial charge on any atom is 0.410 e. The van der Waals surface area contributed by atoms with Crippen molar-refractivity contribution in [1.82, 2.24) is 9.80 Å². The maximum atomic E-state index is 12.5. The third-order valence-electron chi connectivity index (χ3n) is 3.05. The SMILES string of the molecule is CCOC(=O)/C(=C\N(C)C)C(=O)C1CN(C(=O)OC(C)(C)C)C1. The van der Waals surface area contributed by atoms with Crippen LogP contribution in [0.25, 0.3) is 0 Å². The lowest BCUT2D eigenvalue weighted by Crippen LogP contribution is -2.55. The van der Waals surface area contributed by atoms with Crippen LogP contribution in [0, 0.1) is 5.92 Å². The molecular formula is C16H26N2O5. The molecule has 1 aliphatic rings. The Labute approximate surface area is 137 Å². The van der Waals surface area contributed by atoms with Crippen molar-refractivity contribution < 1.29 is 23.9 Å². The highest BCUT2D eigenvalue weighted by Gasteiger charge is 2.40. The van der Waals surface area contributed by atoms with Crippen LogP contribution in [0.15, 0.2) is 11.8 Å². The molecule has 0 unspecified atom stereocenters. The molecule has 0 saturated carbocycles. The predicted octanol–water partition coefficient (Wildman–Crippen LogP) is 1.43. The van der Waals surface area contributed by atoms with E-state index in [0.717, 1.165) is 0 Å². The van der Waals surface area contributed by atoms with Gasteiger partial charge >= 0.3 is 12.1 Å². The van der Waals surface area contributed by atoms with E-state index in [0.29, 0.717) is 0 Å². The summed E-state index contributed by atoms with van der Waals surface area (Å²) in [5, 5.41) is 0. The first-order valence-electron chi connectivity index (χ1n) is 7.62. The number of ketones is 1. The summed E-state index contributed by atoms with van der Waals surface area (Å²) in [7, 11) is 3.44. The Balaban J connectivity index is 2.68. The van der Waals surface area contributed by atoms with Crippen LogP contribution in [0.1, 0.15) is 27.7 Å². The zero-order chi connectivity index (χ0) is 17.8. The van der Waals surface area contributed by atoms with Crippen LogP contribution in [0.4, 0.5) is 4.79 Å². The third kappa shape index (κ3) is 5.58. The molecule has 1 saturated heterocycles. The first kappa shape index (κ1) is 19.0. The Kier molecular flexibility index (Phi) is 6.18. The van der Waals surface area contributed by atoms with Crippen molar-refractivity contribution in [2.24, 2.45) is 5.92 Å². The predicted molar refractivity (Wildman–Crippen MR) is 84.7 cm³/mol. The molecule has 7 nitrogen and oxygen atoms in total. The van der Waals surface area contributed by atoms with E-state index in [9.17, 15) is 14.4 Å². The molecule has 130 valence electrons. The molecule has 0 N–H and O–H groups in total. The van der Waals surface area contributed by atoms with Crippen molar-refractivity contribution in [3.8, 4) is 0 Å². The van der Waals surface area contributed by atoms with Crippen LogP contribution < -0.4 is 0 Å². The van der Waals surface area contributed by atoms with Crippen molar-refractivity contribution in [1.29, 1.82) is 0 Å². The van der Waals surface area contributed by atoms with Crippen LogP contribution in [0.5, 0.6) is 0 Å². The summed E-state index contributed by atoms with van der Waals surface area (Å²) in [6.45, 7) is 7.73. The van der Waals surface area contributed by atoms with E-state index in [2.05, 4.69) is 0 Å². The minimum absolute atomic E-state index is 0.00527. The number of carbonyl (C=O) groups is 3. The van der Waals surface area contributed by atoms with Gasteiger partial charge < -0.3 is 19.3 Å². The third-order valence-corrected chi connectivity index (χ3v) is 3.05. The second kappa shape index (κ2) is 7.48. The number of ether oxygens (including phenoxy) is 2. The molecule has 0 atom stereocenters. The highest BCUT2D eigenvalue weighted by Crippen LogP contribution is 2.23. The van der Waals surface area contributed by atoms with E-state index in [1.54, 1.807) is 46.7 Å². The van der Waals surface area contributed by atoms with Crippen LogP contribution in [-0.2, 0) is 19.1 Å². The van der Waals surface area contributed by atoms with E-state index in [-0.39, 0.29) is 31.1 Å². The maximum absolute atomic E-state index is 12.5. The summed E-state index contributed by atoms with van der Waals surface area (Å²) in [6, 6.07) is 0. The summed E-state index contributed by atoms with van der Waals surface area (Å²) in [5.41, 5.74) is -0.571. The molecule has 1 fully saturated rings. The van der Waals surface area contributed by atoms with Crippen LogP contribution in [-0.4, -0.2) is 67.0 Å². The van der Waals surface area contributed by atoms with Gasteiger partial charge in [-0.15, -0.1) is 0 Å². The van der Waals surface area contributed by atoms with Crippen LogP contribution in [0.3, 0.4) is 0 Å². The van der Waals surface area contributed by atoms with Gasteiger partial charge in [0, 0.05) is 33.4 Å². The second-order valence-corrected chi connectivity index (χ2v) is 6.67. The first-order valence-corrected chi connectivity index (χ1v) is 7.62. The largest absolute Gasteiger partial charge is 0.462 e. The fourth-order valence-corrected chi connectivity index (χ4v) is 2.02. The average molecular weight is 326 g/mol. The fraction of sp³-hybridized carbons (Fsp3) is 0.688. The lowest BCUT2D eigenvalue weighted by molar-refractivity contribution is -0.141. The van der Waals surface area contributed by atoms with E-state index < -0.39 is 23.6 Å². The molecule has 23 heavy (non-hydrogen) atoms. The van der Waals surface area contributed by atoms with E-state index >= 15 is 0 Å². The molecular weight excluding hydrogens is 300 g/mol. The van der Waals surface area contributed by atoms with Gasteiger partial charge in [-0.3, -0.25) is 4.79 Å². The Hall–Kier alpha value is -2.05. The van der Waals surface area contributed by atoms with Gasteiger partial charge in [0.05, 0.1) is 12.5 Å². The van der Waals surface area contributed by atoms with E-state index in [1.165, 1.54) is 11.1 Å². The van der Waals surface area contributed by atoms with Gasteiger partial charge in [-0.05, 0) is 27.7 Å². The molecule has 0 aromatic heterocycles. The number of amides is 1. The van der Waals surface area contributed by atoms with Gasteiger partial charge in [0.2, 0.25) is 0 Å². The molecule has 0 bridgehead atoms. The number of nitrogens with zero attached hydrogens (tertiary/aromatic N) is 2. The van der Waals surface area contributed by atoms with Gasteiger partial charge in [-0.1, -0.05) is 0 Å². The fourth-order valence-electron chi connectivity index (χ4n) is 2.02. The lowest BCUT2D eigenvalue weighted by Gasteiger charge is -2.39. The highest BCUT2D eigenvalue weighted by molar-refractivity contribution is 6.18. The molecule has 0 spiro atoms. The van der Waals surface area contributed by atoms with Gasteiger partial charge in [-0.2, -0.15) is 0 Å². The van der Waals surface area contributed by atoms with Crippen molar-refractivity contribution in [3.05, 3.63) is 11.8 Å². The molecule has 1 amide bonds. The normalized spacial score (nSPS) is 15.7. The second-order valence-electron chi connectivity index (χ2n) is 6.67. The van der Waals surface area contributed by atoms with Crippen molar-refractivity contribution in [2.75, 3.05) is 33.8 Å². The number of hydrogen-bond acceptors (Lipinski definition) is 6. The number of carbonyl (C=O) groups excluding carboxylic acids is 3. The Morgan fingerprint density at radius 2 is 1.78 bits per heavy atom. The Morgan fingerprint density at radius 3 is 2.22 bits per heavy atom. The summed E-state index contributed by atoms with van der Waals surface area (Å²) >= 11 is 0. The Morgan fingerprint density at radius 1 is 1.22 bits per heavy atom. The topological polar surface area (TPSA) is 76.2 Å². The first-order chi connectivity index (χ1) is 10.5. The molecule has 0 aromatic carbocycles. The molecule has 1 heterocycles. The molecule has 1 aliphatic heterocycles. The van der Waals surface area contributed by atoms with Crippen LogP contribution in [0.2, 0.25) is 0 Å². The number of likely N-dealkylation sites (tertiary alicyclic amines) is 1. The molecule has 1 rings (SSSR count). The van der Waals surface area contributed by atoms with Crippen molar-refractivity contribution in [2.45, 2.75) is 33.3 Å². The number of esters is 1. The molecule has 0 aliphatic carbocycles. The van der Waals surface area contributed by atoms with E-state index in [1.807, 2.05) is 0 Å². The monoisotopic (exact) mass is 326 g/mol. The molecule has 0 aromatic rings. The average Bonchev–Trinajstić information content (AvgIpc) is 2.31. The van der Waals surface area contributed by atoms with Gasteiger partial charge in [0.25, 0.3) is 0 Å². The zero-order valence-electron chi connectivity index (χ0n) is 14.7. The summed E-state index contributed by atoms with van der Waals surface area (Å²) in [4.78, 5) is 39.3. The van der Waals surface area contributed by atoms with E-state index in [4.69, 9.17) is 9.47 Å². The standard InChI is InChI=1S/C16H26N2O5/c1-7-22-14(20)12(10-17(5)6)13(19)11-8-18(9-11)15(21)23-16(2,3)4/h10-11H,7-9H2,1-6H3/b12-10-. The van der Waals surface area contributed by atoms with Gasteiger partial charge in [0.1, 0.15) is 11.2 Å². The summed E-state index contributed by atoms with van der Waals surface area (Å²) in [6.07, 6.45) is 1.01. The minimum atomic E-state index is -0.637. The lowest BCUT2D eigenvalue weighted by atomic mass is 9.91. The molecule has 7 heteroatoms. The van der Waals surface area contributed by atoms with Crippen LogP contribution >= 0.6 is 0 Å². The quantitative estimate of drug-likeness (QED) is 0.329. The van der Waals surface area contributed by atoms with Gasteiger partial charge in [0.15, 0.2) is 5.78 Å². The Bertz CT molecular complexity index is 499. The number of hydrogen-bond donors (Lipinski definition) is 0. The van der Waals surface area contributed by atoms with Crippen molar-refractivity contribution >= 4 is 17.8 Å². The minimum Gasteiger partial charge on any atom is -0.462 e. The smallest absolute Gasteiger partial charge is 0.410 e. The van der Waals surface area contributed by atoms with Crippen molar-refractivity contribution in [3.63, 3.8) is 0 Å².